The molecule has 3 rings (SSSR count). The predicted molar refractivity (Wildman–Crippen MR) is 103 cm³/mol. The smallest absolute Gasteiger partial charge is 0.229 e. The van der Waals surface area contributed by atoms with Gasteiger partial charge in [0.15, 0.2) is 0 Å². The highest BCUT2D eigenvalue weighted by atomic mass is 16.2. The molecule has 0 atom stereocenters. The van der Waals surface area contributed by atoms with Crippen molar-refractivity contribution in [1.82, 2.24) is 4.90 Å². The molecule has 2 aromatic rings. The summed E-state index contributed by atoms with van der Waals surface area (Å²) in [6.45, 7) is 10.4. The molecule has 2 aromatic carbocycles. The molecule has 1 aliphatic heterocycles. The molecule has 0 unspecified atom stereocenters. The van der Waals surface area contributed by atoms with Crippen LogP contribution in [0.4, 0.5) is 5.69 Å². The fourth-order valence-corrected chi connectivity index (χ4v) is 2.54. The summed E-state index contributed by atoms with van der Waals surface area (Å²) in [5, 5.41) is 0. The first-order chi connectivity index (χ1) is 11.8. The van der Waals surface area contributed by atoms with E-state index in [0.717, 1.165) is 18.8 Å². The Morgan fingerprint density at radius 3 is 1.96 bits per heavy atom. The monoisotopic (exact) mass is 326 g/mol. The second-order valence-corrected chi connectivity index (χ2v) is 5.09. The summed E-state index contributed by atoms with van der Waals surface area (Å²) in [7, 11) is 0. The van der Waals surface area contributed by atoms with Crippen molar-refractivity contribution in [1.29, 1.82) is 0 Å². The Hall–Kier alpha value is -2.13. The molecule has 3 heteroatoms. The molecule has 0 aromatic heterocycles. The van der Waals surface area contributed by atoms with Gasteiger partial charge in [-0.25, -0.2) is 0 Å². The van der Waals surface area contributed by atoms with E-state index < -0.39 is 0 Å². The lowest BCUT2D eigenvalue weighted by atomic mass is 10.2. The maximum atomic E-state index is 12.1. The lowest BCUT2D eigenvalue weighted by Gasteiger charge is -2.35. The van der Waals surface area contributed by atoms with Crippen LogP contribution < -0.4 is 4.90 Å². The molecule has 0 bridgehead atoms. The molecule has 1 aliphatic rings. The zero-order valence-electron chi connectivity index (χ0n) is 15.4. The molecule has 1 amide bonds. The Kier molecular flexibility index (Phi) is 9.47. The van der Waals surface area contributed by atoms with Crippen LogP contribution in [0.25, 0.3) is 0 Å². The summed E-state index contributed by atoms with van der Waals surface area (Å²) >= 11 is 0. The minimum absolute atomic E-state index is 0.209. The summed E-state index contributed by atoms with van der Waals surface area (Å²) in [6, 6.07) is 20.3. The van der Waals surface area contributed by atoms with Crippen LogP contribution in [0.3, 0.4) is 0 Å². The number of amides is 1. The van der Waals surface area contributed by atoms with Gasteiger partial charge in [-0.2, -0.15) is 0 Å². The first kappa shape index (κ1) is 19.9. The average molecular weight is 326 g/mol. The third-order valence-electron chi connectivity index (χ3n) is 3.60. The number of nitrogens with zero attached hydrogens (tertiary/aromatic N) is 2. The van der Waals surface area contributed by atoms with Crippen molar-refractivity contribution in [3.63, 3.8) is 0 Å². The number of para-hydroxylation sites is 1. The summed E-state index contributed by atoms with van der Waals surface area (Å²) < 4.78 is 0. The van der Waals surface area contributed by atoms with Crippen molar-refractivity contribution in [3.8, 4) is 0 Å². The fourth-order valence-electron chi connectivity index (χ4n) is 2.54. The van der Waals surface area contributed by atoms with Gasteiger partial charge in [-0.05, 0) is 17.7 Å². The highest BCUT2D eigenvalue weighted by Gasteiger charge is 2.24. The molecule has 24 heavy (non-hydrogen) atoms. The van der Waals surface area contributed by atoms with E-state index in [2.05, 4.69) is 29.2 Å². The highest BCUT2D eigenvalue weighted by molar-refractivity contribution is 5.93. The summed E-state index contributed by atoms with van der Waals surface area (Å²) in [6.07, 6.45) is 0.585. The Morgan fingerprint density at radius 1 is 0.833 bits per heavy atom. The molecule has 0 radical (unpaired) electrons. The van der Waals surface area contributed by atoms with Crippen LogP contribution in [0.15, 0.2) is 60.7 Å². The Morgan fingerprint density at radius 2 is 1.38 bits per heavy atom. The van der Waals surface area contributed by atoms with Crippen LogP contribution in [-0.2, 0) is 11.3 Å². The lowest BCUT2D eigenvalue weighted by Crippen LogP contribution is -2.47. The second-order valence-electron chi connectivity index (χ2n) is 5.09. The van der Waals surface area contributed by atoms with Crippen molar-refractivity contribution < 1.29 is 4.79 Å². The average Bonchev–Trinajstić information content (AvgIpc) is 2.68. The van der Waals surface area contributed by atoms with Crippen LogP contribution in [0.5, 0.6) is 0 Å². The van der Waals surface area contributed by atoms with Crippen LogP contribution >= 0.6 is 0 Å². The van der Waals surface area contributed by atoms with Gasteiger partial charge in [0, 0.05) is 25.2 Å². The predicted octanol–water partition coefficient (Wildman–Crippen LogP) is 4.94. The standard InChI is InChI=1S/C17H18N2O.2C2H6/c20-17-11-12-18(13-15-7-3-1-4-8-15)14-19(17)16-9-5-2-6-10-16;2*1-2/h1-10H,11-14H2;2*1-2H3. The van der Waals surface area contributed by atoms with Crippen molar-refractivity contribution >= 4 is 11.6 Å². The molecule has 1 fully saturated rings. The number of rotatable bonds is 3. The van der Waals surface area contributed by atoms with Crippen molar-refractivity contribution in [2.75, 3.05) is 18.1 Å². The molecule has 130 valence electrons. The number of hydrogen-bond donors (Lipinski definition) is 0. The largest absolute Gasteiger partial charge is 0.299 e. The summed E-state index contributed by atoms with van der Waals surface area (Å²) in [4.78, 5) is 16.3. The van der Waals surface area contributed by atoms with E-state index in [1.165, 1.54) is 5.56 Å². The first-order valence-corrected chi connectivity index (χ1v) is 8.94. The number of anilines is 1. The van der Waals surface area contributed by atoms with Crippen LogP contribution in [-0.4, -0.2) is 24.0 Å². The number of benzene rings is 2. The Labute approximate surface area is 146 Å². The van der Waals surface area contributed by atoms with Gasteiger partial charge in [0.25, 0.3) is 0 Å². The number of carbonyl (C=O) groups is 1. The van der Waals surface area contributed by atoms with Gasteiger partial charge < -0.3 is 0 Å². The summed E-state index contributed by atoms with van der Waals surface area (Å²) in [5.41, 5.74) is 2.27. The van der Waals surface area contributed by atoms with Gasteiger partial charge in [0.2, 0.25) is 5.91 Å². The second kappa shape index (κ2) is 11.4. The summed E-state index contributed by atoms with van der Waals surface area (Å²) in [5.74, 6) is 0.209. The molecule has 1 heterocycles. The van der Waals surface area contributed by atoms with Gasteiger partial charge in [-0.3, -0.25) is 14.6 Å². The van der Waals surface area contributed by atoms with Crippen LogP contribution in [0.1, 0.15) is 39.7 Å². The zero-order valence-corrected chi connectivity index (χ0v) is 15.4. The molecule has 0 N–H and O–H groups in total. The fraction of sp³-hybridized carbons (Fsp3) is 0.381. The van der Waals surface area contributed by atoms with E-state index in [4.69, 9.17) is 0 Å². The quantitative estimate of drug-likeness (QED) is 0.798. The van der Waals surface area contributed by atoms with Gasteiger partial charge in [0.05, 0.1) is 6.67 Å². The van der Waals surface area contributed by atoms with Crippen LogP contribution in [0, 0.1) is 0 Å². The minimum atomic E-state index is 0.209. The van der Waals surface area contributed by atoms with E-state index >= 15 is 0 Å². The van der Waals surface area contributed by atoms with E-state index in [0.29, 0.717) is 13.1 Å². The van der Waals surface area contributed by atoms with Crippen molar-refractivity contribution in [2.45, 2.75) is 40.7 Å². The molecule has 3 nitrogen and oxygen atoms in total. The molecule has 0 saturated carbocycles. The zero-order chi connectivity index (χ0) is 17.8. The van der Waals surface area contributed by atoms with Gasteiger partial charge in [0.1, 0.15) is 0 Å². The van der Waals surface area contributed by atoms with E-state index in [9.17, 15) is 4.79 Å². The highest BCUT2D eigenvalue weighted by Crippen LogP contribution is 2.19. The third kappa shape index (κ3) is 5.82. The molecule has 1 saturated heterocycles. The maximum absolute atomic E-state index is 12.1. The maximum Gasteiger partial charge on any atom is 0.229 e. The number of hydrogen-bond acceptors (Lipinski definition) is 2. The van der Waals surface area contributed by atoms with Crippen molar-refractivity contribution in [3.05, 3.63) is 66.2 Å². The van der Waals surface area contributed by atoms with E-state index in [1.807, 2.05) is 69.0 Å². The van der Waals surface area contributed by atoms with Gasteiger partial charge in [-0.1, -0.05) is 76.2 Å². The Balaban J connectivity index is 0.000000671. The van der Waals surface area contributed by atoms with Gasteiger partial charge in [-0.15, -0.1) is 0 Å². The lowest BCUT2D eigenvalue weighted by molar-refractivity contribution is -0.121. The first-order valence-electron chi connectivity index (χ1n) is 8.94. The Bertz CT molecular complexity index is 569. The minimum Gasteiger partial charge on any atom is -0.299 e. The van der Waals surface area contributed by atoms with Crippen LogP contribution in [0.2, 0.25) is 0 Å². The van der Waals surface area contributed by atoms with Gasteiger partial charge >= 0.3 is 0 Å². The normalized spacial score (nSPS) is 14.2. The topological polar surface area (TPSA) is 23.6 Å². The third-order valence-corrected chi connectivity index (χ3v) is 3.60. The SMILES string of the molecule is CC.CC.O=C1CCN(Cc2ccccc2)CN1c1ccccc1. The van der Waals surface area contributed by atoms with E-state index in [1.54, 1.807) is 0 Å². The number of carbonyl (C=O) groups excluding carboxylic acids is 1. The molecular formula is C21H30N2O. The van der Waals surface area contributed by atoms with Crippen molar-refractivity contribution in [2.24, 2.45) is 0 Å². The molecular weight excluding hydrogens is 296 g/mol. The van der Waals surface area contributed by atoms with E-state index in [-0.39, 0.29) is 5.91 Å². The molecule has 0 spiro atoms. The molecule has 0 aliphatic carbocycles.